The molecule has 0 spiro atoms. The van der Waals surface area contributed by atoms with Gasteiger partial charge in [0, 0.05) is 25.2 Å². The van der Waals surface area contributed by atoms with E-state index >= 15 is 0 Å². The first-order valence-corrected chi connectivity index (χ1v) is 9.43. The second-order valence-electron chi connectivity index (χ2n) is 6.25. The number of urea groups is 1. The molecule has 1 fully saturated rings. The molecule has 2 amide bonds. The van der Waals surface area contributed by atoms with Gasteiger partial charge in [-0.25, -0.2) is 4.79 Å². The summed E-state index contributed by atoms with van der Waals surface area (Å²) in [6.45, 7) is 1.87. The predicted molar refractivity (Wildman–Crippen MR) is 103 cm³/mol. The van der Waals surface area contributed by atoms with Crippen molar-refractivity contribution in [2.24, 2.45) is 0 Å². The summed E-state index contributed by atoms with van der Waals surface area (Å²) in [5.41, 5.74) is 0.930. The zero-order valence-corrected chi connectivity index (χ0v) is 15.9. The van der Waals surface area contributed by atoms with E-state index in [1.54, 1.807) is 14.2 Å². The molecule has 0 aliphatic carbocycles. The minimum absolute atomic E-state index is 0.190. The molecule has 0 saturated carbocycles. The maximum absolute atomic E-state index is 12.3. The molecule has 2 heterocycles. The lowest BCUT2D eigenvalue weighted by Gasteiger charge is -2.38. The Morgan fingerprint density at radius 1 is 1.19 bits per heavy atom. The van der Waals surface area contributed by atoms with Gasteiger partial charge in [0.2, 0.25) is 0 Å². The van der Waals surface area contributed by atoms with Gasteiger partial charge in [-0.15, -0.1) is 11.3 Å². The fourth-order valence-electron chi connectivity index (χ4n) is 3.25. The van der Waals surface area contributed by atoms with Crippen LogP contribution in [0.1, 0.15) is 18.4 Å². The highest BCUT2D eigenvalue weighted by Gasteiger charge is 2.35. The van der Waals surface area contributed by atoms with Gasteiger partial charge in [-0.3, -0.25) is 5.32 Å². The number of methoxy groups -OCH3 is 2. The SMILES string of the molecule is COc1ccc(C2(CNC(=O)Nc3cccs3)CCOCC2)cc1OC. The van der Waals surface area contributed by atoms with Crippen molar-refractivity contribution in [3.63, 3.8) is 0 Å². The Morgan fingerprint density at radius 3 is 2.62 bits per heavy atom. The van der Waals surface area contributed by atoms with E-state index in [1.807, 2.05) is 35.7 Å². The zero-order chi connectivity index (χ0) is 18.4. The minimum atomic E-state index is -0.196. The molecule has 3 rings (SSSR count). The second kappa shape index (κ2) is 8.42. The molecule has 0 radical (unpaired) electrons. The van der Waals surface area contributed by atoms with Crippen LogP contribution < -0.4 is 20.1 Å². The Kier molecular flexibility index (Phi) is 6.00. The highest BCUT2D eigenvalue weighted by Crippen LogP contribution is 2.38. The smallest absolute Gasteiger partial charge is 0.319 e. The molecule has 2 aromatic rings. The van der Waals surface area contributed by atoms with E-state index in [4.69, 9.17) is 14.2 Å². The number of carbonyl (C=O) groups is 1. The number of hydrogen-bond acceptors (Lipinski definition) is 5. The third-order valence-corrected chi connectivity index (χ3v) is 5.58. The first-order chi connectivity index (χ1) is 12.7. The molecule has 6 nitrogen and oxygen atoms in total. The van der Waals surface area contributed by atoms with Crippen LogP contribution in [0, 0.1) is 0 Å². The van der Waals surface area contributed by atoms with E-state index in [-0.39, 0.29) is 11.4 Å². The number of nitrogens with one attached hydrogen (secondary N) is 2. The summed E-state index contributed by atoms with van der Waals surface area (Å²) in [6.07, 6.45) is 1.67. The summed E-state index contributed by atoms with van der Waals surface area (Å²) in [6, 6.07) is 9.55. The molecule has 1 aliphatic heterocycles. The molecule has 1 aromatic heterocycles. The number of carbonyl (C=O) groups excluding carboxylic acids is 1. The van der Waals surface area contributed by atoms with Crippen molar-refractivity contribution >= 4 is 22.4 Å². The summed E-state index contributed by atoms with van der Waals surface area (Å²) in [5, 5.41) is 8.65. The van der Waals surface area contributed by atoms with E-state index in [2.05, 4.69) is 10.6 Å². The molecule has 1 aromatic carbocycles. The van der Waals surface area contributed by atoms with Crippen LogP contribution in [0.4, 0.5) is 9.80 Å². The Hall–Kier alpha value is -2.25. The zero-order valence-electron chi connectivity index (χ0n) is 15.0. The van der Waals surface area contributed by atoms with Crippen molar-refractivity contribution in [2.75, 3.05) is 39.3 Å². The molecular formula is C19H24N2O4S. The normalized spacial score (nSPS) is 15.9. The highest BCUT2D eigenvalue weighted by atomic mass is 32.1. The first-order valence-electron chi connectivity index (χ1n) is 8.55. The maximum Gasteiger partial charge on any atom is 0.319 e. The number of hydrogen-bond donors (Lipinski definition) is 2. The molecule has 1 aliphatic rings. The molecular weight excluding hydrogens is 352 g/mol. The van der Waals surface area contributed by atoms with Crippen LogP contribution in [0.25, 0.3) is 0 Å². The third-order valence-electron chi connectivity index (χ3n) is 4.79. The molecule has 140 valence electrons. The van der Waals surface area contributed by atoms with Crippen LogP contribution in [0.5, 0.6) is 11.5 Å². The Balaban J connectivity index is 1.77. The Morgan fingerprint density at radius 2 is 1.96 bits per heavy atom. The average molecular weight is 376 g/mol. The maximum atomic E-state index is 12.3. The van der Waals surface area contributed by atoms with Crippen molar-refractivity contribution in [1.82, 2.24) is 5.32 Å². The van der Waals surface area contributed by atoms with Crippen LogP contribution in [-0.4, -0.2) is 40.0 Å². The van der Waals surface area contributed by atoms with Crippen molar-refractivity contribution in [1.29, 1.82) is 0 Å². The van der Waals surface area contributed by atoms with Gasteiger partial charge in [0.15, 0.2) is 11.5 Å². The Labute approximate surface area is 157 Å². The molecule has 2 N–H and O–H groups in total. The summed E-state index contributed by atoms with van der Waals surface area (Å²) < 4.78 is 16.4. The van der Waals surface area contributed by atoms with Crippen LogP contribution >= 0.6 is 11.3 Å². The topological polar surface area (TPSA) is 68.8 Å². The number of anilines is 1. The predicted octanol–water partition coefficient (Wildman–Crippen LogP) is 3.64. The van der Waals surface area contributed by atoms with Gasteiger partial charge in [0.1, 0.15) is 0 Å². The van der Waals surface area contributed by atoms with Gasteiger partial charge < -0.3 is 19.5 Å². The lowest BCUT2D eigenvalue weighted by Crippen LogP contribution is -2.45. The molecule has 0 atom stereocenters. The van der Waals surface area contributed by atoms with Crippen LogP contribution in [-0.2, 0) is 10.2 Å². The van der Waals surface area contributed by atoms with Crippen molar-refractivity contribution in [2.45, 2.75) is 18.3 Å². The van der Waals surface area contributed by atoms with Gasteiger partial charge in [-0.05, 0) is 48.1 Å². The van der Waals surface area contributed by atoms with Crippen LogP contribution in [0.3, 0.4) is 0 Å². The number of amides is 2. The van der Waals surface area contributed by atoms with E-state index < -0.39 is 0 Å². The monoisotopic (exact) mass is 376 g/mol. The van der Waals surface area contributed by atoms with Gasteiger partial charge in [0.05, 0.1) is 19.2 Å². The van der Waals surface area contributed by atoms with E-state index in [1.165, 1.54) is 11.3 Å². The second-order valence-corrected chi connectivity index (χ2v) is 7.20. The number of ether oxygens (including phenoxy) is 3. The molecule has 26 heavy (non-hydrogen) atoms. The summed E-state index contributed by atoms with van der Waals surface area (Å²) in [4.78, 5) is 12.3. The van der Waals surface area contributed by atoms with Gasteiger partial charge in [0.25, 0.3) is 0 Å². The Bertz CT molecular complexity index is 727. The van der Waals surface area contributed by atoms with E-state index in [0.717, 1.165) is 23.4 Å². The quantitative estimate of drug-likeness (QED) is 0.808. The minimum Gasteiger partial charge on any atom is -0.493 e. The van der Waals surface area contributed by atoms with Crippen molar-refractivity contribution in [3.8, 4) is 11.5 Å². The molecule has 0 unspecified atom stereocenters. The standard InChI is InChI=1S/C19H24N2O4S/c1-23-15-6-5-14(12-16(15)24-2)19(7-9-25-10-8-19)13-20-18(22)21-17-4-3-11-26-17/h3-6,11-12H,7-10,13H2,1-2H3,(H2,20,21,22). The fraction of sp³-hybridized carbons (Fsp3) is 0.421. The summed E-state index contributed by atoms with van der Waals surface area (Å²) >= 11 is 1.49. The number of benzene rings is 1. The average Bonchev–Trinajstić information content (AvgIpc) is 3.19. The molecule has 7 heteroatoms. The third kappa shape index (κ3) is 4.11. The van der Waals surface area contributed by atoms with Gasteiger partial charge in [-0.2, -0.15) is 0 Å². The summed E-state index contributed by atoms with van der Waals surface area (Å²) in [7, 11) is 3.25. The lowest BCUT2D eigenvalue weighted by atomic mass is 9.74. The highest BCUT2D eigenvalue weighted by molar-refractivity contribution is 7.14. The molecule has 0 bridgehead atoms. The summed E-state index contributed by atoms with van der Waals surface area (Å²) in [5.74, 6) is 1.39. The van der Waals surface area contributed by atoms with Crippen LogP contribution in [0.2, 0.25) is 0 Å². The van der Waals surface area contributed by atoms with Gasteiger partial charge >= 0.3 is 6.03 Å². The van der Waals surface area contributed by atoms with Crippen molar-refractivity contribution in [3.05, 3.63) is 41.3 Å². The first kappa shape index (κ1) is 18.5. The lowest BCUT2D eigenvalue weighted by molar-refractivity contribution is 0.0507. The van der Waals surface area contributed by atoms with E-state index in [0.29, 0.717) is 31.3 Å². The van der Waals surface area contributed by atoms with Crippen molar-refractivity contribution < 1.29 is 19.0 Å². The number of rotatable bonds is 6. The fourth-order valence-corrected chi connectivity index (χ4v) is 3.86. The largest absolute Gasteiger partial charge is 0.493 e. The van der Waals surface area contributed by atoms with Gasteiger partial charge in [-0.1, -0.05) is 6.07 Å². The van der Waals surface area contributed by atoms with Crippen LogP contribution in [0.15, 0.2) is 35.7 Å². The number of thiophene rings is 1. The molecule has 1 saturated heterocycles. The van der Waals surface area contributed by atoms with E-state index in [9.17, 15) is 4.79 Å².